The smallest absolute Gasteiger partial charge is 0.335 e. The second kappa shape index (κ2) is 7.94. The minimum Gasteiger partial charge on any atom is -0.478 e. The van der Waals surface area contributed by atoms with Crippen molar-refractivity contribution < 1.29 is 23.8 Å². The second-order valence-electron chi connectivity index (χ2n) is 8.24. The molecule has 1 aromatic heterocycles. The number of nitrogens with zero attached hydrogens (tertiary/aromatic N) is 1. The van der Waals surface area contributed by atoms with E-state index in [2.05, 4.69) is 4.98 Å². The summed E-state index contributed by atoms with van der Waals surface area (Å²) in [7, 11) is 0. The van der Waals surface area contributed by atoms with Crippen LogP contribution in [-0.2, 0) is 24.4 Å². The Hall–Kier alpha value is -2.83. The number of rotatable bonds is 6. The molecule has 7 heteroatoms. The summed E-state index contributed by atoms with van der Waals surface area (Å²) < 4.78 is 30.0. The molecule has 0 saturated heterocycles. The number of benzene rings is 2. The lowest BCUT2D eigenvalue weighted by molar-refractivity contribution is -0.237. The maximum absolute atomic E-state index is 15.0. The first kappa shape index (κ1) is 22.4. The molecule has 4 nitrogen and oxygen atoms in total. The van der Waals surface area contributed by atoms with Crippen LogP contribution >= 0.6 is 11.6 Å². The number of carbonyl (C=O) groups is 1. The zero-order valence-electron chi connectivity index (χ0n) is 17.6. The highest BCUT2D eigenvalue weighted by Gasteiger charge is 2.69. The van der Waals surface area contributed by atoms with Gasteiger partial charge in [0.1, 0.15) is 0 Å². The lowest BCUT2D eigenvalue weighted by atomic mass is 9.62. The van der Waals surface area contributed by atoms with Crippen LogP contribution in [0.1, 0.15) is 56.7 Å². The Morgan fingerprint density at radius 1 is 1.09 bits per heavy atom. The van der Waals surface area contributed by atoms with Gasteiger partial charge in [-0.2, -0.15) is 8.78 Å². The second-order valence-corrected chi connectivity index (χ2v) is 8.65. The summed E-state index contributed by atoms with van der Waals surface area (Å²) in [6.45, 7) is 3.06. The molecule has 2 atom stereocenters. The summed E-state index contributed by atoms with van der Waals surface area (Å²) >= 11 is 6.47. The van der Waals surface area contributed by atoms with Gasteiger partial charge in [-0.25, -0.2) is 4.79 Å². The zero-order chi connectivity index (χ0) is 23.3. The molecule has 0 amide bonds. The summed E-state index contributed by atoms with van der Waals surface area (Å²) in [5.41, 5.74) is 0.406. The molecule has 1 heterocycles. The number of carboxylic acid groups (broad SMARTS) is 1. The fourth-order valence-corrected chi connectivity index (χ4v) is 4.85. The van der Waals surface area contributed by atoms with Crippen LogP contribution in [0.3, 0.4) is 0 Å². The Balaban J connectivity index is 1.54. The van der Waals surface area contributed by atoms with E-state index in [1.165, 1.54) is 19.2 Å². The molecule has 2 N–H and O–H groups in total. The van der Waals surface area contributed by atoms with Gasteiger partial charge in [0.15, 0.2) is 5.60 Å². The van der Waals surface area contributed by atoms with Crippen molar-refractivity contribution in [3.8, 4) is 0 Å². The molecular formula is C25H22ClF2NO3. The minimum atomic E-state index is -3.43. The number of aromatic carboxylic acids is 1. The van der Waals surface area contributed by atoms with E-state index in [1.54, 1.807) is 43.3 Å². The van der Waals surface area contributed by atoms with Crippen molar-refractivity contribution in [3.63, 3.8) is 0 Å². The van der Waals surface area contributed by atoms with Gasteiger partial charge in [0, 0.05) is 28.4 Å². The monoisotopic (exact) mass is 457 g/mol. The quantitative estimate of drug-likeness (QED) is 0.503. The van der Waals surface area contributed by atoms with E-state index in [0.29, 0.717) is 23.4 Å². The van der Waals surface area contributed by atoms with Gasteiger partial charge in [-0.15, -0.1) is 0 Å². The minimum absolute atomic E-state index is 0.187. The zero-order valence-corrected chi connectivity index (χ0v) is 18.3. The molecule has 0 bridgehead atoms. The van der Waals surface area contributed by atoms with Crippen LogP contribution in [0.15, 0.2) is 54.7 Å². The lowest BCUT2D eigenvalue weighted by Crippen LogP contribution is -2.57. The van der Waals surface area contributed by atoms with Crippen molar-refractivity contribution in [2.45, 2.75) is 44.1 Å². The molecule has 0 saturated carbocycles. The number of hydrogen-bond donors (Lipinski definition) is 2. The van der Waals surface area contributed by atoms with Gasteiger partial charge in [-0.1, -0.05) is 42.8 Å². The fraction of sp³-hybridized carbons (Fsp3) is 0.280. The Morgan fingerprint density at radius 2 is 1.72 bits per heavy atom. The van der Waals surface area contributed by atoms with E-state index in [1.807, 2.05) is 6.07 Å². The van der Waals surface area contributed by atoms with Crippen LogP contribution < -0.4 is 0 Å². The topological polar surface area (TPSA) is 70.4 Å². The Bertz CT molecular complexity index is 1200. The van der Waals surface area contributed by atoms with Gasteiger partial charge in [-0.05, 0) is 60.7 Å². The van der Waals surface area contributed by atoms with Crippen molar-refractivity contribution in [2.24, 2.45) is 0 Å². The fourth-order valence-electron chi connectivity index (χ4n) is 4.49. The van der Waals surface area contributed by atoms with Crippen LogP contribution in [0, 0.1) is 6.92 Å². The van der Waals surface area contributed by atoms with Crippen LogP contribution in [0.25, 0.3) is 0 Å². The van der Waals surface area contributed by atoms with Crippen molar-refractivity contribution in [3.05, 3.63) is 98.8 Å². The highest BCUT2D eigenvalue weighted by atomic mass is 35.5. The molecule has 3 aromatic rings. The highest BCUT2D eigenvalue weighted by Crippen LogP contribution is 2.63. The highest BCUT2D eigenvalue weighted by molar-refractivity contribution is 6.31. The third-order valence-corrected chi connectivity index (χ3v) is 6.73. The summed E-state index contributed by atoms with van der Waals surface area (Å²) in [6.07, 6.45) is 2.75. The number of fused-ring (bicyclic) bond motifs is 1. The van der Waals surface area contributed by atoms with Gasteiger partial charge in [0.25, 0.3) is 0 Å². The van der Waals surface area contributed by atoms with E-state index >= 15 is 8.78 Å². The van der Waals surface area contributed by atoms with Crippen molar-refractivity contribution in [1.29, 1.82) is 0 Å². The average molecular weight is 458 g/mol. The number of halogens is 3. The van der Waals surface area contributed by atoms with Gasteiger partial charge in [0.05, 0.1) is 11.1 Å². The average Bonchev–Trinajstić information content (AvgIpc) is 2.76. The first-order valence-corrected chi connectivity index (χ1v) is 10.6. The molecular weight excluding hydrogens is 436 g/mol. The van der Waals surface area contributed by atoms with E-state index in [-0.39, 0.29) is 22.4 Å². The molecule has 0 spiro atoms. The molecule has 2 aromatic carbocycles. The molecule has 2 unspecified atom stereocenters. The molecule has 0 aliphatic heterocycles. The Labute approximate surface area is 189 Å². The van der Waals surface area contributed by atoms with E-state index in [0.717, 1.165) is 11.1 Å². The van der Waals surface area contributed by atoms with Crippen LogP contribution in [0.4, 0.5) is 8.78 Å². The summed E-state index contributed by atoms with van der Waals surface area (Å²) in [5.74, 6) is -5.33. The maximum atomic E-state index is 15.0. The van der Waals surface area contributed by atoms with Crippen molar-refractivity contribution in [1.82, 2.24) is 4.98 Å². The summed E-state index contributed by atoms with van der Waals surface area (Å²) in [4.78, 5) is 14.9. The van der Waals surface area contributed by atoms with Gasteiger partial charge in [0.2, 0.25) is 0 Å². The largest absolute Gasteiger partial charge is 0.478 e. The van der Waals surface area contributed by atoms with Crippen molar-refractivity contribution in [2.75, 3.05) is 0 Å². The number of aliphatic hydroxyl groups is 1. The third kappa shape index (κ3) is 3.38. The predicted octanol–water partition coefficient (Wildman–Crippen LogP) is 5.62. The van der Waals surface area contributed by atoms with Gasteiger partial charge in [-0.3, -0.25) is 4.98 Å². The SMILES string of the molecule is Cc1nccc2c1C(F)(F)C2(O)C(C)c1ccc(CCc2ccc(C(=O)O)cc2)cc1Cl. The standard InChI is InChI=1S/C25H22ClF2NO3/c1-14(24(32)20-11-12-29-15(2)22(20)25(24,27)28)19-10-7-17(13-21(19)26)4-3-16-5-8-18(9-6-16)23(30)31/h5-14,32H,3-4H2,1-2H3,(H,30,31). The molecule has 32 heavy (non-hydrogen) atoms. The van der Waals surface area contributed by atoms with Gasteiger partial charge >= 0.3 is 11.9 Å². The van der Waals surface area contributed by atoms with Crippen LogP contribution in [0.2, 0.25) is 5.02 Å². The molecule has 1 aliphatic rings. The van der Waals surface area contributed by atoms with Crippen LogP contribution in [0.5, 0.6) is 0 Å². The van der Waals surface area contributed by atoms with E-state index in [9.17, 15) is 9.90 Å². The Kier molecular flexibility index (Phi) is 5.55. The maximum Gasteiger partial charge on any atom is 0.335 e. The van der Waals surface area contributed by atoms with E-state index in [4.69, 9.17) is 16.7 Å². The van der Waals surface area contributed by atoms with Gasteiger partial charge < -0.3 is 10.2 Å². The molecule has 1 aliphatic carbocycles. The number of alkyl halides is 2. The van der Waals surface area contributed by atoms with E-state index < -0.39 is 23.4 Å². The van der Waals surface area contributed by atoms with Crippen LogP contribution in [-0.4, -0.2) is 21.2 Å². The molecule has 4 rings (SSSR count). The molecule has 0 radical (unpaired) electrons. The first-order valence-electron chi connectivity index (χ1n) is 10.2. The summed E-state index contributed by atoms with van der Waals surface area (Å²) in [5, 5.41) is 20.4. The third-order valence-electron chi connectivity index (χ3n) is 6.41. The Morgan fingerprint density at radius 3 is 2.34 bits per heavy atom. The molecule has 166 valence electrons. The number of aryl methyl sites for hydroxylation is 3. The number of aromatic nitrogens is 1. The first-order chi connectivity index (χ1) is 15.1. The lowest BCUT2D eigenvalue weighted by Gasteiger charge is -2.50. The normalized spacial score (nSPS) is 19.7. The summed E-state index contributed by atoms with van der Waals surface area (Å²) in [6, 6.07) is 13.3. The predicted molar refractivity (Wildman–Crippen MR) is 117 cm³/mol. The van der Waals surface area contributed by atoms with Crippen molar-refractivity contribution >= 4 is 17.6 Å². The number of hydrogen-bond acceptors (Lipinski definition) is 3. The number of carboxylic acids is 1. The molecule has 0 fully saturated rings. The number of pyridine rings is 1.